The Morgan fingerprint density at radius 3 is 2.24 bits per heavy atom. The maximum Gasteiger partial charge on any atom is 0.123 e. The van der Waals surface area contributed by atoms with E-state index in [2.05, 4.69) is 0 Å². The molecule has 0 N–H and O–H groups in total. The van der Waals surface area contributed by atoms with Crippen molar-refractivity contribution in [1.29, 1.82) is 0 Å². The number of rotatable bonds is 5. The average Bonchev–Trinajstić information content (AvgIpc) is 2.67. The van der Waals surface area contributed by atoms with Crippen LogP contribution in [-0.4, -0.2) is 11.3 Å². The highest BCUT2D eigenvalue weighted by molar-refractivity contribution is 7.85. The molecule has 0 amide bonds. The van der Waals surface area contributed by atoms with Crippen molar-refractivity contribution in [1.82, 2.24) is 0 Å². The van der Waals surface area contributed by atoms with Crippen molar-refractivity contribution >= 4 is 23.0 Å². The van der Waals surface area contributed by atoms with Crippen molar-refractivity contribution in [2.75, 3.05) is 7.11 Å². The summed E-state index contributed by atoms with van der Waals surface area (Å²) in [5.41, 5.74) is 1.74. The summed E-state index contributed by atoms with van der Waals surface area (Å²) in [5, 5.41) is 0. The molecule has 126 valence electrons. The molecule has 3 aromatic carbocycles. The molecule has 2 nitrogen and oxygen atoms in total. The van der Waals surface area contributed by atoms with Crippen LogP contribution in [0.2, 0.25) is 0 Å². The summed E-state index contributed by atoms with van der Waals surface area (Å²) < 4.78 is 31.0. The van der Waals surface area contributed by atoms with Crippen molar-refractivity contribution in [3.05, 3.63) is 89.7 Å². The van der Waals surface area contributed by atoms with E-state index in [4.69, 9.17) is 4.74 Å². The predicted octanol–water partition coefficient (Wildman–Crippen LogP) is 5.17. The minimum absolute atomic E-state index is 0.266. The summed E-state index contributed by atoms with van der Waals surface area (Å²) in [6, 6.07) is 21.0. The molecular weight excluding hydrogens is 335 g/mol. The quantitative estimate of drug-likeness (QED) is 0.592. The average molecular weight is 352 g/mol. The minimum Gasteiger partial charge on any atom is -0.497 e. The predicted molar refractivity (Wildman–Crippen MR) is 99.4 cm³/mol. The number of methoxy groups -OCH3 is 1. The van der Waals surface area contributed by atoms with Crippen LogP contribution >= 0.6 is 0 Å². The molecule has 4 heteroatoms. The van der Waals surface area contributed by atoms with Gasteiger partial charge in [0.1, 0.15) is 11.6 Å². The van der Waals surface area contributed by atoms with Crippen LogP contribution in [-0.2, 0) is 10.8 Å². The van der Waals surface area contributed by atoms with Gasteiger partial charge in [0, 0.05) is 4.90 Å². The molecule has 0 saturated heterocycles. The van der Waals surface area contributed by atoms with Crippen molar-refractivity contribution in [3.8, 4) is 5.75 Å². The van der Waals surface area contributed by atoms with Crippen LogP contribution in [0.4, 0.5) is 4.39 Å². The van der Waals surface area contributed by atoms with Crippen molar-refractivity contribution in [3.63, 3.8) is 0 Å². The Hall–Kier alpha value is -2.72. The molecule has 0 spiro atoms. The first-order chi connectivity index (χ1) is 12.2. The van der Waals surface area contributed by atoms with Gasteiger partial charge in [0.05, 0.1) is 22.8 Å². The van der Waals surface area contributed by atoms with Gasteiger partial charge in [0.2, 0.25) is 0 Å². The molecule has 25 heavy (non-hydrogen) atoms. The van der Waals surface area contributed by atoms with E-state index in [0.29, 0.717) is 4.90 Å². The van der Waals surface area contributed by atoms with Gasteiger partial charge in [-0.2, -0.15) is 0 Å². The Morgan fingerprint density at radius 1 is 0.880 bits per heavy atom. The van der Waals surface area contributed by atoms with Crippen molar-refractivity contribution < 1.29 is 13.3 Å². The van der Waals surface area contributed by atoms with Crippen LogP contribution in [0.1, 0.15) is 11.1 Å². The first kappa shape index (κ1) is 17.1. The standard InChI is InChI=1S/C21H17FO2S/c1-24-19-12-14-20(15-13-19)25(23)21-5-3-2-4-17(21)9-6-16-7-10-18(22)11-8-16/h2-15H,1H3/b9-6+/t25-/m0/s1. The Bertz CT molecular complexity index is 900. The number of ether oxygens (including phenoxy) is 1. The lowest BCUT2D eigenvalue weighted by Gasteiger charge is -2.07. The summed E-state index contributed by atoms with van der Waals surface area (Å²) in [6.45, 7) is 0. The van der Waals surface area contributed by atoms with Crippen LogP contribution in [0, 0.1) is 5.82 Å². The molecule has 3 rings (SSSR count). The zero-order valence-electron chi connectivity index (χ0n) is 13.7. The summed E-state index contributed by atoms with van der Waals surface area (Å²) in [6.07, 6.45) is 3.77. The van der Waals surface area contributed by atoms with E-state index in [-0.39, 0.29) is 5.82 Å². The molecule has 0 fully saturated rings. The molecule has 0 heterocycles. The van der Waals surface area contributed by atoms with Crippen molar-refractivity contribution in [2.45, 2.75) is 9.79 Å². The first-order valence-corrected chi connectivity index (χ1v) is 8.91. The minimum atomic E-state index is -1.30. The van der Waals surface area contributed by atoms with E-state index in [9.17, 15) is 8.60 Å². The van der Waals surface area contributed by atoms with Crippen LogP contribution in [0.5, 0.6) is 5.75 Å². The van der Waals surface area contributed by atoms with Gasteiger partial charge in [-0.1, -0.05) is 42.5 Å². The fraction of sp³-hybridized carbons (Fsp3) is 0.0476. The molecular formula is C21H17FO2S. The van der Waals surface area contributed by atoms with Gasteiger partial charge in [-0.15, -0.1) is 0 Å². The van der Waals surface area contributed by atoms with Gasteiger partial charge in [-0.25, -0.2) is 8.60 Å². The van der Waals surface area contributed by atoms with E-state index >= 15 is 0 Å². The van der Waals surface area contributed by atoms with E-state index in [1.165, 1.54) is 12.1 Å². The number of hydrogen-bond donors (Lipinski definition) is 0. The second-order valence-electron chi connectivity index (χ2n) is 5.37. The molecule has 3 aromatic rings. The third-order valence-electron chi connectivity index (χ3n) is 3.72. The number of hydrogen-bond acceptors (Lipinski definition) is 2. The highest BCUT2D eigenvalue weighted by atomic mass is 32.2. The fourth-order valence-electron chi connectivity index (χ4n) is 2.37. The van der Waals surface area contributed by atoms with Crippen LogP contribution in [0.15, 0.2) is 82.6 Å². The summed E-state index contributed by atoms with van der Waals surface area (Å²) in [4.78, 5) is 1.44. The van der Waals surface area contributed by atoms with Gasteiger partial charge < -0.3 is 4.74 Å². The second kappa shape index (κ2) is 7.90. The van der Waals surface area contributed by atoms with Crippen LogP contribution < -0.4 is 4.74 Å². The monoisotopic (exact) mass is 352 g/mol. The number of benzene rings is 3. The summed E-state index contributed by atoms with van der Waals surface area (Å²) in [5.74, 6) is 0.461. The third kappa shape index (κ3) is 4.22. The Balaban J connectivity index is 1.89. The maximum atomic E-state index is 13.0. The molecule has 0 radical (unpaired) electrons. The molecule has 0 bridgehead atoms. The topological polar surface area (TPSA) is 26.3 Å². The van der Waals surface area contributed by atoms with Gasteiger partial charge >= 0.3 is 0 Å². The molecule has 0 aliphatic heterocycles. The largest absolute Gasteiger partial charge is 0.497 e. The zero-order chi connectivity index (χ0) is 17.6. The lowest BCUT2D eigenvalue weighted by atomic mass is 10.1. The fourth-order valence-corrected chi connectivity index (χ4v) is 3.56. The molecule has 0 aromatic heterocycles. The molecule has 1 atom stereocenters. The highest BCUT2D eigenvalue weighted by Crippen LogP contribution is 2.23. The SMILES string of the molecule is COc1ccc([S@](=O)c2ccccc2/C=C/c2ccc(F)cc2)cc1. The van der Waals surface area contributed by atoms with E-state index in [1.807, 2.05) is 36.4 Å². The summed E-state index contributed by atoms with van der Waals surface area (Å²) >= 11 is 0. The molecule has 0 aliphatic rings. The molecule has 0 saturated carbocycles. The molecule has 0 unspecified atom stereocenters. The van der Waals surface area contributed by atoms with Gasteiger partial charge in [-0.05, 0) is 53.6 Å². The van der Waals surface area contributed by atoms with Gasteiger partial charge in [-0.3, -0.25) is 0 Å². The van der Waals surface area contributed by atoms with Crippen LogP contribution in [0.25, 0.3) is 12.2 Å². The second-order valence-corrected chi connectivity index (χ2v) is 6.82. The lowest BCUT2D eigenvalue weighted by Crippen LogP contribution is -1.96. The Kier molecular flexibility index (Phi) is 5.41. The third-order valence-corrected chi connectivity index (χ3v) is 5.19. The Morgan fingerprint density at radius 2 is 1.56 bits per heavy atom. The maximum absolute atomic E-state index is 13.0. The van der Waals surface area contributed by atoms with Crippen LogP contribution in [0.3, 0.4) is 0 Å². The highest BCUT2D eigenvalue weighted by Gasteiger charge is 2.10. The van der Waals surface area contributed by atoms with E-state index < -0.39 is 10.8 Å². The lowest BCUT2D eigenvalue weighted by molar-refractivity contribution is 0.414. The molecule has 0 aliphatic carbocycles. The van der Waals surface area contributed by atoms with Gasteiger partial charge in [0.25, 0.3) is 0 Å². The smallest absolute Gasteiger partial charge is 0.123 e. The van der Waals surface area contributed by atoms with Crippen molar-refractivity contribution in [2.24, 2.45) is 0 Å². The van der Waals surface area contributed by atoms with Gasteiger partial charge in [0.15, 0.2) is 0 Å². The normalized spacial score (nSPS) is 12.2. The Labute approximate surface area is 149 Å². The first-order valence-electron chi connectivity index (χ1n) is 7.76. The van der Waals surface area contributed by atoms with E-state index in [1.54, 1.807) is 43.5 Å². The summed E-state index contributed by atoms with van der Waals surface area (Å²) in [7, 11) is 0.302. The number of halogens is 1. The zero-order valence-corrected chi connectivity index (χ0v) is 14.5. The van der Waals surface area contributed by atoms with E-state index in [0.717, 1.165) is 21.8 Å².